The Hall–Kier alpha value is -0.220. The molecule has 0 spiro atoms. The summed E-state index contributed by atoms with van der Waals surface area (Å²) in [4.78, 5) is 13.4. The van der Waals surface area contributed by atoms with E-state index in [2.05, 4.69) is 16.7 Å². The number of hydrogen-bond acceptors (Lipinski definition) is 3. The molecule has 1 aliphatic heterocycles. The van der Waals surface area contributed by atoms with Gasteiger partial charge < -0.3 is 10.0 Å². The summed E-state index contributed by atoms with van der Waals surface area (Å²) in [5.74, 6) is 0.439. The van der Waals surface area contributed by atoms with Crippen LogP contribution >= 0.6 is 11.8 Å². The number of thioether (sulfide) groups is 1. The summed E-state index contributed by atoms with van der Waals surface area (Å²) in [6.07, 6.45) is 10.3. The lowest BCUT2D eigenvalue weighted by atomic mass is 9.98. The molecule has 4 heteroatoms. The minimum atomic E-state index is -0.610. The normalized spacial score (nSPS) is 27.1. The fourth-order valence-electron chi connectivity index (χ4n) is 3.22. The molecule has 0 aromatic heterocycles. The van der Waals surface area contributed by atoms with E-state index in [1.807, 2.05) is 0 Å². The number of hydrogen-bond donors (Lipinski definition) is 1. The molecule has 0 bridgehead atoms. The molecule has 2 rings (SSSR count). The highest BCUT2D eigenvalue weighted by Gasteiger charge is 2.25. The number of nitrogens with zero attached hydrogens (tertiary/aromatic N) is 1. The van der Waals surface area contributed by atoms with Gasteiger partial charge in [-0.25, -0.2) is 0 Å². The van der Waals surface area contributed by atoms with Gasteiger partial charge in [0.15, 0.2) is 0 Å². The van der Waals surface area contributed by atoms with E-state index >= 15 is 0 Å². The van der Waals surface area contributed by atoms with Crippen molar-refractivity contribution < 1.29 is 9.90 Å². The summed E-state index contributed by atoms with van der Waals surface area (Å²) in [5, 5.41) is 9.95. The van der Waals surface area contributed by atoms with E-state index in [0.29, 0.717) is 0 Å². The molecule has 1 aliphatic carbocycles. The molecule has 19 heavy (non-hydrogen) atoms. The van der Waals surface area contributed by atoms with Crippen LogP contribution < -0.4 is 0 Å². The molecule has 1 unspecified atom stereocenters. The van der Waals surface area contributed by atoms with Crippen LogP contribution in [0.25, 0.3) is 0 Å². The summed E-state index contributed by atoms with van der Waals surface area (Å²) in [7, 11) is 0. The van der Waals surface area contributed by atoms with Crippen molar-refractivity contribution in [2.75, 3.05) is 25.4 Å². The first-order valence-corrected chi connectivity index (χ1v) is 8.87. The van der Waals surface area contributed by atoms with Crippen LogP contribution in [0.1, 0.15) is 51.4 Å². The maximum absolute atomic E-state index is 11.0. The summed E-state index contributed by atoms with van der Waals surface area (Å²) >= 11 is 2.12. The number of carboxylic acids is 1. The third-order valence-electron chi connectivity index (χ3n) is 4.42. The van der Waals surface area contributed by atoms with Gasteiger partial charge in [0.25, 0.3) is 0 Å². The summed E-state index contributed by atoms with van der Waals surface area (Å²) in [5.41, 5.74) is 0. The smallest absolute Gasteiger partial charge is 0.307 e. The molecule has 3 nitrogen and oxygen atoms in total. The Morgan fingerprint density at radius 3 is 2.53 bits per heavy atom. The number of rotatable bonds is 5. The van der Waals surface area contributed by atoms with Crippen LogP contribution in [0.15, 0.2) is 0 Å². The topological polar surface area (TPSA) is 40.5 Å². The van der Waals surface area contributed by atoms with Crippen molar-refractivity contribution in [3.63, 3.8) is 0 Å². The van der Waals surface area contributed by atoms with Crippen LogP contribution in [0, 0.1) is 5.92 Å². The van der Waals surface area contributed by atoms with Crippen molar-refractivity contribution in [1.29, 1.82) is 0 Å². The third-order valence-corrected chi connectivity index (χ3v) is 5.78. The molecule has 2 fully saturated rings. The van der Waals surface area contributed by atoms with Gasteiger partial charge in [-0.15, -0.1) is 0 Å². The van der Waals surface area contributed by atoms with E-state index in [1.165, 1.54) is 44.3 Å². The van der Waals surface area contributed by atoms with Gasteiger partial charge in [0.05, 0.1) is 5.92 Å². The zero-order valence-corrected chi connectivity index (χ0v) is 12.7. The molecule has 2 aliphatic rings. The second-order valence-corrected chi connectivity index (χ2v) is 7.37. The van der Waals surface area contributed by atoms with Gasteiger partial charge in [-0.1, -0.05) is 25.7 Å². The Bertz CT molecular complexity index is 277. The summed E-state index contributed by atoms with van der Waals surface area (Å²) in [6.45, 7) is 2.93. The monoisotopic (exact) mass is 285 g/mol. The van der Waals surface area contributed by atoms with Gasteiger partial charge in [-0.2, -0.15) is 11.8 Å². The van der Waals surface area contributed by atoms with Gasteiger partial charge in [0, 0.05) is 24.1 Å². The van der Waals surface area contributed by atoms with Crippen LogP contribution in [0.2, 0.25) is 0 Å². The lowest BCUT2D eigenvalue weighted by molar-refractivity contribution is -0.143. The molecule has 0 radical (unpaired) electrons. The second kappa shape index (κ2) is 8.15. The molecule has 1 atom stereocenters. The van der Waals surface area contributed by atoms with Crippen LogP contribution in [0.3, 0.4) is 0 Å². The zero-order valence-electron chi connectivity index (χ0n) is 11.9. The standard InChI is InChI=1S/C15H27NO2S/c17-15(18)13-6-5-9-16(12-13)10-11-19-14-7-3-1-2-4-8-14/h13-14H,1-12H2,(H,17,18). The molecular weight excluding hydrogens is 258 g/mol. The van der Waals surface area contributed by atoms with Gasteiger partial charge in [-0.05, 0) is 32.2 Å². The van der Waals surface area contributed by atoms with E-state index in [-0.39, 0.29) is 5.92 Å². The fourth-order valence-corrected chi connectivity index (χ4v) is 4.58. The van der Waals surface area contributed by atoms with Crippen molar-refractivity contribution in [3.05, 3.63) is 0 Å². The van der Waals surface area contributed by atoms with E-state index in [0.717, 1.165) is 37.7 Å². The average molecular weight is 285 g/mol. The Morgan fingerprint density at radius 2 is 1.84 bits per heavy atom. The maximum atomic E-state index is 11.0. The molecular formula is C15H27NO2S. The van der Waals surface area contributed by atoms with Crippen LogP contribution in [0.5, 0.6) is 0 Å². The number of carbonyl (C=O) groups is 1. The summed E-state index contributed by atoms with van der Waals surface area (Å²) in [6, 6.07) is 0. The van der Waals surface area contributed by atoms with Gasteiger partial charge in [0.2, 0.25) is 0 Å². The zero-order chi connectivity index (χ0) is 13.5. The minimum Gasteiger partial charge on any atom is -0.481 e. The highest BCUT2D eigenvalue weighted by Crippen LogP contribution is 2.27. The molecule has 0 aromatic carbocycles. The number of likely N-dealkylation sites (tertiary alicyclic amines) is 1. The van der Waals surface area contributed by atoms with E-state index in [9.17, 15) is 4.79 Å². The largest absolute Gasteiger partial charge is 0.481 e. The first-order valence-electron chi connectivity index (χ1n) is 7.82. The molecule has 110 valence electrons. The van der Waals surface area contributed by atoms with Gasteiger partial charge in [-0.3, -0.25) is 4.79 Å². The average Bonchev–Trinajstić information content (AvgIpc) is 2.68. The molecule has 0 amide bonds. The van der Waals surface area contributed by atoms with Crippen LogP contribution in [-0.2, 0) is 4.79 Å². The fraction of sp³-hybridized carbons (Fsp3) is 0.933. The summed E-state index contributed by atoms with van der Waals surface area (Å²) < 4.78 is 0. The maximum Gasteiger partial charge on any atom is 0.307 e. The first kappa shape index (κ1) is 15.2. The van der Waals surface area contributed by atoms with Crippen LogP contribution in [-0.4, -0.2) is 46.6 Å². The molecule has 1 saturated carbocycles. The predicted molar refractivity (Wildman–Crippen MR) is 80.7 cm³/mol. The molecule has 1 N–H and O–H groups in total. The first-order chi connectivity index (χ1) is 9.25. The van der Waals surface area contributed by atoms with Crippen molar-refractivity contribution in [2.24, 2.45) is 5.92 Å². The third kappa shape index (κ3) is 5.35. The molecule has 1 heterocycles. The van der Waals surface area contributed by atoms with Crippen molar-refractivity contribution >= 4 is 17.7 Å². The molecule has 1 saturated heterocycles. The second-order valence-electron chi connectivity index (χ2n) is 5.96. The van der Waals surface area contributed by atoms with Crippen molar-refractivity contribution in [1.82, 2.24) is 4.90 Å². The van der Waals surface area contributed by atoms with Crippen LogP contribution in [0.4, 0.5) is 0 Å². The van der Waals surface area contributed by atoms with Crippen molar-refractivity contribution in [3.8, 4) is 0 Å². The molecule has 0 aromatic rings. The van der Waals surface area contributed by atoms with Crippen molar-refractivity contribution in [2.45, 2.75) is 56.6 Å². The van der Waals surface area contributed by atoms with Gasteiger partial charge >= 0.3 is 5.97 Å². The lowest BCUT2D eigenvalue weighted by Gasteiger charge is -2.30. The van der Waals surface area contributed by atoms with Gasteiger partial charge in [0.1, 0.15) is 0 Å². The number of piperidine rings is 1. The van der Waals surface area contributed by atoms with E-state index in [1.54, 1.807) is 0 Å². The number of carboxylic acid groups (broad SMARTS) is 1. The SMILES string of the molecule is O=C(O)C1CCCN(CCSC2CCCCCC2)C1. The quantitative estimate of drug-likeness (QED) is 0.787. The highest BCUT2D eigenvalue weighted by molar-refractivity contribution is 7.99. The lowest BCUT2D eigenvalue weighted by Crippen LogP contribution is -2.39. The predicted octanol–water partition coefficient (Wildman–Crippen LogP) is 3.24. The highest BCUT2D eigenvalue weighted by atomic mass is 32.2. The number of aliphatic carboxylic acids is 1. The van der Waals surface area contributed by atoms with E-state index < -0.39 is 5.97 Å². The minimum absolute atomic E-state index is 0.128. The Morgan fingerprint density at radius 1 is 1.11 bits per heavy atom. The van der Waals surface area contributed by atoms with E-state index in [4.69, 9.17) is 5.11 Å². The Labute approximate surface area is 121 Å². The Kier molecular flexibility index (Phi) is 6.51. The Balaban J connectivity index is 1.63.